The number of aromatic nitrogens is 3. The first-order chi connectivity index (χ1) is 14.2. The largest absolute Gasteiger partial charge is 0.488 e. The Bertz CT molecular complexity index is 1040. The van der Waals surface area contributed by atoms with Gasteiger partial charge >= 0.3 is 5.97 Å². The van der Waals surface area contributed by atoms with Crippen LogP contribution in [0.15, 0.2) is 48.5 Å². The summed E-state index contributed by atoms with van der Waals surface area (Å²) in [5.41, 5.74) is 1.65. The molecular weight excluding hydrogens is 380 g/mol. The summed E-state index contributed by atoms with van der Waals surface area (Å²) in [5.74, 6) is 0.156. The third-order valence-corrected chi connectivity index (χ3v) is 6.15. The molecule has 0 aliphatic carbocycles. The number of rotatable bonds is 4. The minimum Gasteiger partial charge on any atom is -0.488 e. The molecule has 3 aromatic rings. The Morgan fingerprint density at radius 3 is 2.33 bits per heavy atom. The predicted octanol–water partition coefficient (Wildman–Crippen LogP) is 3.73. The number of nitrogens with zero attached hydrogens (tertiary/aromatic N) is 4. The first kappa shape index (κ1) is 20.3. The van der Waals surface area contributed by atoms with Crippen molar-refractivity contribution in [2.45, 2.75) is 57.7 Å². The van der Waals surface area contributed by atoms with Gasteiger partial charge in [-0.1, -0.05) is 29.1 Å². The number of ether oxygens (including phenoxy) is 1. The monoisotopic (exact) mass is 408 g/mol. The van der Waals surface area contributed by atoms with E-state index in [4.69, 9.17) is 9.57 Å². The van der Waals surface area contributed by atoms with Crippen LogP contribution in [-0.2, 0) is 0 Å². The lowest BCUT2D eigenvalue weighted by molar-refractivity contribution is -0.0553. The molecule has 0 radical (unpaired) electrons. The molecular formula is C23H28N4O3. The molecule has 0 N–H and O–H groups in total. The van der Waals surface area contributed by atoms with E-state index >= 15 is 0 Å². The zero-order valence-corrected chi connectivity index (χ0v) is 18.1. The van der Waals surface area contributed by atoms with Crippen molar-refractivity contribution in [2.24, 2.45) is 0 Å². The van der Waals surface area contributed by atoms with Gasteiger partial charge in [-0.2, -0.15) is 0 Å². The molecule has 30 heavy (non-hydrogen) atoms. The van der Waals surface area contributed by atoms with Gasteiger partial charge in [-0.15, -0.1) is 5.10 Å². The Kier molecular flexibility index (Phi) is 5.02. The van der Waals surface area contributed by atoms with Crippen LogP contribution in [0.4, 0.5) is 0 Å². The molecule has 1 aliphatic heterocycles. The highest BCUT2D eigenvalue weighted by atomic mass is 16.7. The summed E-state index contributed by atoms with van der Waals surface area (Å²) in [7, 11) is 2.17. The van der Waals surface area contributed by atoms with Crippen molar-refractivity contribution < 1.29 is 14.4 Å². The molecule has 1 aliphatic rings. The van der Waals surface area contributed by atoms with Gasteiger partial charge in [0.1, 0.15) is 17.4 Å². The van der Waals surface area contributed by atoms with Crippen molar-refractivity contribution in [2.75, 3.05) is 7.05 Å². The maximum Gasteiger partial charge on any atom is 0.365 e. The van der Waals surface area contributed by atoms with E-state index in [2.05, 4.69) is 50.0 Å². The lowest BCUT2D eigenvalue weighted by atomic mass is 9.79. The van der Waals surface area contributed by atoms with Crippen LogP contribution in [0.25, 0.3) is 11.0 Å². The number of fused-ring (bicyclic) bond motifs is 1. The molecule has 1 aromatic heterocycles. The molecule has 1 saturated heterocycles. The highest BCUT2D eigenvalue weighted by Gasteiger charge is 2.44. The second-order valence-corrected chi connectivity index (χ2v) is 9.16. The summed E-state index contributed by atoms with van der Waals surface area (Å²) in [6, 6.07) is 14.4. The molecule has 0 amide bonds. The van der Waals surface area contributed by atoms with Gasteiger partial charge in [0, 0.05) is 23.9 Å². The molecule has 7 nitrogen and oxygen atoms in total. The quantitative estimate of drug-likeness (QED) is 0.613. The first-order valence-corrected chi connectivity index (χ1v) is 10.2. The standard InChI is InChI=1S/C23H28N4O3/c1-22(2)14-17(15-23(3,4)26(22)5)29-19-13-9-12-18-20(19)24-25-27(18)30-21(28)16-10-7-6-8-11-16/h6-13,17H,14-15H2,1-5H3. The molecule has 1 fully saturated rings. The summed E-state index contributed by atoms with van der Waals surface area (Å²) in [6.07, 6.45) is 1.86. The van der Waals surface area contributed by atoms with Crippen LogP contribution in [-0.4, -0.2) is 50.3 Å². The third kappa shape index (κ3) is 3.77. The van der Waals surface area contributed by atoms with Crippen molar-refractivity contribution in [1.82, 2.24) is 20.1 Å². The molecule has 0 saturated carbocycles. The Labute approximate surface area is 176 Å². The van der Waals surface area contributed by atoms with Crippen LogP contribution in [0.2, 0.25) is 0 Å². The number of likely N-dealkylation sites (tertiary alicyclic amines) is 1. The van der Waals surface area contributed by atoms with Crippen molar-refractivity contribution in [3.05, 3.63) is 54.1 Å². The average Bonchev–Trinajstić information content (AvgIpc) is 3.10. The molecule has 0 spiro atoms. The minimum atomic E-state index is -0.493. The van der Waals surface area contributed by atoms with Crippen molar-refractivity contribution in [3.63, 3.8) is 0 Å². The Balaban J connectivity index is 1.57. The highest BCUT2D eigenvalue weighted by Crippen LogP contribution is 2.39. The topological polar surface area (TPSA) is 69.5 Å². The van der Waals surface area contributed by atoms with Crippen LogP contribution < -0.4 is 9.57 Å². The van der Waals surface area contributed by atoms with Gasteiger partial charge in [-0.3, -0.25) is 4.90 Å². The van der Waals surface area contributed by atoms with Gasteiger partial charge in [0.25, 0.3) is 0 Å². The molecule has 0 atom stereocenters. The normalized spacial score (nSPS) is 19.0. The number of hydrogen-bond acceptors (Lipinski definition) is 6. The number of carbonyl (C=O) groups is 1. The second kappa shape index (κ2) is 7.40. The SMILES string of the molecule is CN1C(C)(C)CC(Oc2cccc3c2nnn3OC(=O)c2ccccc2)CC1(C)C. The zero-order valence-electron chi connectivity index (χ0n) is 18.1. The third-order valence-electron chi connectivity index (χ3n) is 6.15. The van der Waals surface area contributed by atoms with Gasteiger partial charge in [-0.05, 0) is 64.2 Å². The van der Waals surface area contributed by atoms with Gasteiger partial charge in [-0.25, -0.2) is 4.79 Å². The van der Waals surface area contributed by atoms with Gasteiger partial charge in [0.15, 0.2) is 5.52 Å². The first-order valence-electron chi connectivity index (χ1n) is 10.2. The van der Waals surface area contributed by atoms with E-state index < -0.39 is 5.97 Å². The summed E-state index contributed by atoms with van der Waals surface area (Å²) < 4.78 is 6.41. The average molecular weight is 409 g/mol. The van der Waals surface area contributed by atoms with Crippen LogP contribution in [0, 0.1) is 0 Å². The maximum atomic E-state index is 12.4. The second-order valence-electron chi connectivity index (χ2n) is 9.16. The predicted molar refractivity (Wildman–Crippen MR) is 114 cm³/mol. The number of piperidine rings is 1. The molecule has 0 bridgehead atoms. The van der Waals surface area contributed by atoms with E-state index in [1.54, 1.807) is 24.3 Å². The van der Waals surface area contributed by atoms with Crippen molar-refractivity contribution in [3.8, 4) is 5.75 Å². The van der Waals surface area contributed by atoms with Gasteiger partial charge in [0.2, 0.25) is 0 Å². The Morgan fingerprint density at radius 2 is 1.67 bits per heavy atom. The number of carbonyl (C=O) groups excluding carboxylic acids is 1. The lowest BCUT2D eigenvalue weighted by Gasteiger charge is -2.53. The Hall–Kier alpha value is -2.93. The summed E-state index contributed by atoms with van der Waals surface area (Å²) in [6.45, 7) is 8.96. The fourth-order valence-electron chi connectivity index (χ4n) is 4.31. The lowest BCUT2D eigenvalue weighted by Crippen LogP contribution is -2.60. The van der Waals surface area contributed by atoms with E-state index in [1.165, 1.54) is 0 Å². The number of benzene rings is 2. The minimum absolute atomic E-state index is 0.0170. The number of hydrogen-bond donors (Lipinski definition) is 0. The summed E-state index contributed by atoms with van der Waals surface area (Å²) in [5, 5.41) is 8.24. The van der Waals surface area contributed by atoms with E-state index in [0.717, 1.165) is 17.7 Å². The fraction of sp³-hybridized carbons (Fsp3) is 0.435. The van der Waals surface area contributed by atoms with Crippen LogP contribution in [0.5, 0.6) is 5.75 Å². The van der Waals surface area contributed by atoms with Crippen LogP contribution >= 0.6 is 0 Å². The summed E-state index contributed by atoms with van der Waals surface area (Å²) >= 11 is 0. The van der Waals surface area contributed by atoms with E-state index in [0.29, 0.717) is 22.3 Å². The van der Waals surface area contributed by atoms with Crippen LogP contribution in [0.3, 0.4) is 0 Å². The van der Waals surface area contributed by atoms with Crippen molar-refractivity contribution in [1.29, 1.82) is 0 Å². The van der Waals surface area contributed by atoms with Gasteiger partial charge < -0.3 is 9.57 Å². The fourth-order valence-corrected chi connectivity index (χ4v) is 4.31. The molecule has 7 heteroatoms. The van der Waals surface area contributed by atoms with Gasteiger partial charge in [0.05, 0.1) is 5.56 Å². The molecule has 0 unspecified atom stereocenters. The van der Waals surface area contributed by atoms with E-state index in [1.807, 2.05) is 24.3 Å². The van der Waals surface area contributed by atoms with E-state index in [9.17, 15) is 4.79 Å². The molecule has 4 rings (SSSR count). The van der Waals surface area contributed by atoms with Crippen LogP contribution in [0.1, 0.15) is 50.9 Å². The molecule has 2 aromatic carbocycles. The Morgan fingerprint density at radius 1 is 1.00 bits per heavy atom. The van der Waals surface area contributed by atoms with Crippen molar-refractivity contribution >= 4 is 17.0 Å². The molecule has 2 heterocycles. The highest BCUT2D eigenvalue weighted by molar-refractivity contribution is 5.90. The maximum absolute atomic E-state index is 12.4. The smallest absolute Gasteiger partial charge is 0.365 e. The summed E-state index contributed by atoms with van der Waals surface area (Å²) in [4.78, 5) is 21.4. The molecule has 158 valence electrons. The zero-order chi connectivity index (χ0) is 21.5. The van der Waals surface area contributed by atoms with E-state index in [-0.39, 0.29) is 17.2 Å².